The number of carbonyl (C=O) groups excluding carboxylic acids is 3. The molecule has 16 atom stereocenters. The molecule has 5 saturated heterocycles. The highest BCUT2D eigenvalue weighted by molar-refractivity contribution is 5.92. The van der Waals surface area contributed by atoms with Crippen molar-refractivity contribution in [3.63, 3.8) is 0 Å². The third kappa shape index (κ3) is 5.19. The standard InChI is InChI=1S/C43H60N2O11/c1-22(2)10-14-40(4)34-33(49)35(50)41(5)30(42(34)20-53-32(48)17-31(42)55-40)11-13-39(3)36(54-38(51)37-43(39,41)56-37)25-12-15-52-29(25)16-26(28(47)19-46)23-6-8-24(9-7-23)27-18-44-21-45-27/h6,8,12,15,22-24,26-28,30-31,34-37,44-47,50H,7,9-11,13-14,16-21H2,1-5H3. The molecule has 0 radical (unpaired) electrons. The molecule has 6 heterocycles. The van der Waals surface area contributed by atoms with Crippen molar-refractivity contribution in [1.82, 2.24) is 10.6 Å². The van der Waals surface area contributed by atoms with Gasteiger partial charge in [-0.3, -0.25) is 14.9 Å². The molecule has 2 spiro atoms. The lowest BCUT2D eigenvalue weighted by Gasteiger charge is -2.66. The number of Topliss-reactive ketones (excluding diaryl/α,β-unsaturated/α-hetero) is 1. The first-order chi connectivity index (χ1) is 26.7. The highest BCUT2D eigenvalue weighted by Crippen LogP contribution is 2.80. The largest absolute Gasteiger partial charge is 0.469 e. The third-order valence-electron chi connectivity index (χ3n) is 16.5. The van der Waals surface area contributed by atoms with Crippen LogP contribution in [0.3, 0.4) is 0 Å². The summed E-state index contributed by atoms with van der Waals surface area (Å²) in [5.41, 5.74) is -4.57. The fraction of sp³-hybridized carbons (Fsp3) is 0.791. The van der Waals surface area contributed by atoms with Crippen LogP contribution < -0.4 is 10.6 Å². The molecule has 0 bridgehead atoms. The van der Waals surface area contributed by atoms with Crippen LogP contribution in [0.15, 0.2) is 28.9 Å². The Kier molecular flexibility index (Phi) is 9.32. The zero-order valence-electron chi connectivity index (χ0n) is 33.3. The van der Waals surface area contributed by atoms with Crippen molar-refractivity contribution >= 4 is 17.7 Å². The number of allylic oxidation sites excluding steroid dienone is 1. The van der Waals surface area contributed by atoms with E-state index in [0.29, 0.717) is 54.9 Å². The zero-order chi connectivity index (χ0) is 39.6. The van der Waals surface area contributed by atoms with Crippen molar-refractivity contribution in [1.29, 1.82) is 0 Å². The number of cyclic esters (lactones) is 2. The minimum atomic E-state index is -1.47. The Labute approximate surface area is 328 Å². The zero-order valence-corrected chi connectivity index (χ0v) is 33.3. The Hall–Kier alpha value is -2.65. The number of aliphatic hydroxyl groups is 3. The van der Waals surface area contributed by atoms with E-state index >= 15 is 0 Å². The maximum absolute atomic E-state index is 15.0. The smallest absolute Gasteiger partial charge is 0.339 e. The van der Waals surface area contributed by atoms with Crippen LogP contribution in [0.2, 0.25) is 0 Å². The number of epoxide rings is 1. The number of ether oxygens (including phenoxy) is 4. The molecule has 3 aliphatic carbocycles. The van der Waals surface area contributed by atoms with Gasteiger partial charge in [0.05, 0.1) is 43.0 Å². The van der Waals surface area contributed by atoms with Crippen LogP contribution >= 0.6 is 0 Å². The Morgan fingerprint density at radius 2 is 1.84 bits per heavy atom. The van der Waals surface area contributed by atoms with Gasteiger partial charge in [-0.15, -0.1) is 0 Å². The molecular formula is C43H60N2O11. The van der Waals surface area contributed by atoms with Gasteiger partial charge in [0.2, 0.25) is 0 Å². The summed E-state index contributed by atoms with van der Waals surface area (Å²) in [7, 11) is 0. The molecule has 0 aromatic carbocycles. The van der Waals surface area contributed by atoms with Crippen LogP contribution in [0.25, 0.3) is 0 Å². The van der Waals surface area contributed by atoms with Gasteiger partial charge in [-0.1, -0.05) is 39.8 Å². The van der Waals surface area contributed by atoms with Gasteiger partial charge in [0.15, 0.2) is 11.9 Å². The van der Waals surface area contributed by atoms with Gasteiger partial charge in [-0.25, -0.2) is 4.79 Å². The van der Waals surface area contributed by atoms with Crippen LogP contribution in [0.1, 0.15) is 97.0 Å². The predicted octanol–water partition coefficient (Wildman–Crippen LogP) is 3.14. The summed E-state index contributed by atoms with van der Waals surface area (Å²) in [4.78, 5) is 42.0. The van der Waals surface area contributed by atoms with Gasteiger partial charge in [0, 0.05) is 53.4 Å². The molecule has 1 aromatic rings. The van der Waals surface area contributed by atoms with Crippen LogP contribution in [0.5, 0.6) is 0 Å². The fourth-order valence-electron chi connectivity index (χ4n) is 13.7. The van der Waals surface area contributed by atoms with Gasteiger partial charge in [-0.05, 0) is 75.2 Å². The molecule has 2 saturated carbocycles. The normalized spacial score (nSPS) is 47.6. The Bertz CT molecular complexity index is 1770. The molecule has 16 unspecified atom stereocenters. The van der Waals surface area contributed by atoms with Gasteiger partial charge in [0.1, 0.15) is 30.2 Å². The van der Waals surface area contributed by atoms with Crippen molar-refractivity contribution in [3.8, 4) is 0 Å². The molecule has 5 N–H and O–H groups in total. The van der Waals surface area contributed by atoms with E-state index in [0.717, 1.165) is 32.5 Å². The average Bonchev–Trinajstić information content (AvgIpc) is 3.43. The monoisotopic (exact) mass is 780 g/mol. The maximum Gasteiger partial charge on any atom is 0.339 e. The number of ketones is 1. The molecule has 0 amide bonds. The summed E-state index contributed by atoms with van der Waals surface area (Å²) in [5.74, 6) is -1.40. The van der Waals surface area contributed by atoms with Crippen LogP contribution in [-0.4, -0.2) is 101 Å². The van der Waals surface area contributed by atoms with Crippen molar-refractivity contribution in [3.05, 3.63) is 35.8 Å². The number of hydrogen-bond donors (Lipinski definition) is 5. The molecule has 8 aliphatic rings. The van der Waals surface area contributed by atoms with E-state index in [9.17, 15) is 29.7 Å². The van der Waals surface area contributed by atoms with Crippen molar-refractivity contribution < 1.29 is 53.1 Å². The summed E-state index contributed by atoms with van der Waals surface area (Å²) in [6.07, 6.45) is 5.72. The van der Waals surface area contributed by atoms with E-state index in [2.05, 4.69) is 36.6 Å². The lowest BCUT2D eigenvalue weighted by atomic mass is 9.36. The second-order valence-corrected chi connectivity index (χ2v) is 19.6. The summed E-state index contributed by atoms with van der Waals surface area (Å²) in [6.45, 7) is 11.5. The number of carbonyl (C=O) groups is 3. The minimum Gasteiger partial charge on any atom is -0.469 e. The summed E-state index contributed by atoms with van der Waals surface area (Å²) in [5, 5.41) is 40.8. The first kappa shape index (κ1) is 38.8. The van der Waals surface area contributed by atoms with Gasteiger partial charge in [0.25, 0.3) is 0 Å². The number of esters is 2. The molecule has 7 fully saturated rings. The van der Waals surface area contributed by atoms with Crippen molar-refractivity contribution in [2.24, 2.45) is 51.8 Å². The van der Waals surface area contributed by atoms with Gasteiger partial charge in [-0.2, -0.15) is 0 Å². The van der Waals surface area contributed by atoms with E-state index in [-0.39, 0.29) is 42.5 Å². The van der Waals surface area contributed by atoms with Gasteiger partial charge >= 0.3 is 11.9 Å². The third-order valence-corrected chi connectivity index (χ3v) is 16.5. The van der Waals surface area contributed by atoms with Crippen LogP contribution in [0.4, 0.5) is 0 Å². The van der Waals surface area contributed by atoms with E-state index in [1.165, 1.54) is 0 Å². The Morgan fingerprint density at radius 3 is 2.54 bits per heavy atom. The highest BCUT2D eigenvalue weighted by atomic mass is 16.7. The number of furan rings is 1. The molecule has 13 heteroatoms. The van der Waals surface area contributed by atoms with E-state index in [4.69, 9.17) is 23.4 Å². The Morgan fingerprint density at radius 1 is 1.04 bits per heavy atom. The summed E-state index contributed by atoms with van der Waals surface area (Å²) >= 11 is 0. The van der Waals surface area contributed by atoms with Gasteiger partial charge < -0.3 is 44.0 Å². The molecule has 1 aromatic heterocycles. The number of nitrogens with one attached hydrogen (secondary N) is 2. The van der Waals surface area contributed by atoms with Crippen molar-refractivity contribution in [2.45, 2.75) is 134 Å². The molecular weight excluding hydrogens is 720 g/mol. The second-order valence-electron chi connectivity index (χ2n) is 19.6. The lowest BCUT2D eigenvalue weighted by molar-refractivity contribution is -0.252. The topological polar surface area (TPSA) is 189 Å². The highest BCUT2D eigenvalue weighted by Gasteiger charge is 2.91. The number of aliphatic hydroxyl groups excluding tert-OH is 3. The molecule has 56 heavy (non-hydrogen) atoms. The number of hydrogen-bond acceptors (Lipinski definition) is 13. The maximum atomic E-state index is 15.0. The molecule has 9 rings (SSSR count). The first-order valence-electron chi connectivity index (χ1n) is 21.1. The minimum absolute atomic E-state index is 0.00460. The number of rotatable bonds is 10. The fourth-order valence-corrected chi connectivity index (χ4v) is 13.7. The SMILES string of the molecule is CC(C)CCC1(C)OC2CC(=O)OCC23C1C(=O)C(O)C1(C)C3CCC2(C)C(c3ccoc3CC(C(O)CO)C3C=CC(C4CNCN4)CC3)OC(=O)C3OC321. The first-order valence-corrected chi connectivity index (χ1v) is 21.1. The summed E-state index contributed by atoms with van der Waals surface area (Å²) < 4.78 is 31.9. The predicted molar refractivity (Wildman–Crippen MR) is 199 cm³/mol. The molecule has 308 valence electrons. The quantitative estimate of drug-likeness (QED) is 0.133. The van der Waals surface area contributed by atoms with Crippen LogP contribution in [0, 0.1) is 51.8 Å². The lowest BCUT2D eigenvalue weighted by Crippen LogP contribution is -2.76. The number of fused-ring (bicyclic) bond motifs is 1. The summed E-state index contributed by atoms with van der Waals surface area (Å²) in [6, 6.07) is 2.18. The average molecular weight is 781 g/mol. The Balaban J connectivity index is 1.06. The van der Waals surface area contributed by atoms with E-state index < -0.39 is 76.5 Å². The molecule has 5 aliphatic heterocycles. The van der Waals surface area contributed by atoms with Crippen LogP contribution in [-0.2, 0) is 39.8 Å². The van der Waals surface area contributed by atoms with Crippen molar-refractivity contribution in [2.75, 3.05) is 26.4 Å². The molecule has 13 nitrogen and oxygen atoms in total. The van der Waals surface area contributed by atoms with E-state index in [1.807, 2.05) is 26.8 Å². The second kappa shape index (κ2) is 13.4. The van der Waals surface area contributed by atoms with E-state index in [1.54, 1.807) is 6.26 Å².